The predicted molar refractivity (Wildman–Crippen MR) is 59.7 cm³/mol. The molecule has 0 fully saturated rings. The lowest BCUT2D eigenvalue weighted by molar-refractivity contribution is -0.137. The summed E-state index contributed by atoms with van der Waals surface area (Å²) in [7, 11) is -3.38. The number of hydrogen-bond donors (Lipinski definition) is 2. The molecule has 1 atom stereocenters. The number of carboxylic acids is 1. The molecule has 0 spiro atoms. The van der Waals surface area contributed by atoms with Gasteiger partial charge in [-0.25, -0.2) is 13.1 Å². The van der Waals surface area contributed by atoms with Crippen LogP contribution < -0.4 is 4.72 Å². The fourth-order valence-electron chi connectivity index (χ4n) is 1.07. The van der Waals surface area contributed by atoms with Crippen LogP contribution in [0.25, 0.3) is 0 Å². The predicted octanol–water partition coefficient (Wildman–Crippen LogP) is 0.196. The van der Waals surface area contributed by atoms with Gasteiger partial charge >= 0.3 is 5.97 Å². The monoisotopic (exact) mass is 253 g/mol. The first kappa shape index (κ1) is 15.3. The first-order chi connectivity index (χ1) is 7.37. The maximum atomic E-state index is 11.4. The highest BCUT2D eigenvalue weighted by Crippen LogP contribution is 1.96. The number of carbonyl (C=O) groups is 1. The van der Waals surface area contributed by atoms with Gasteiger partial charge in [-0.3, -0.25) is 4.79 Å². The van der Waals surface area contributed by atoms with Crippen molar-refractivity contribution in [1.82, 2.24) is 4.72 Å². The van der Waals surface area contributed by atoms with Crippen molar-refractivity contribution < 1.29 is 23.1 Å². The van der Waals surface area contributed by atoms with Crippen LogP contribution in [0.2, 0.25) is 0 Å². The van der Waals surface area contributed by atoms with Gasteiger partial charge in [0.1, 0.15) is 0 Å². The second kappa shape index (κ2) is 7.59. The summed E-state index contributed by atoms with van der Waals surface area (Å²) in [5, 5.41) is 8.36. The van der Waals surface area contributed by atoms with E-state index in [1.807, 2.05) is 6.92 Å². The third-order valence-electron chi connectivity index (χ3n) is 1.85. The summed E-state index contributed by atoms with van der Waals surface area (Å²) in [4.78, 5) is 10.2. The molecule has 0 heterocycles. The summed E-state index contributed by atoms with van der Waals surface area (Å²) in [6.07, 6.45) is -0.199. The zero-order valence-electron chi connectivity index (χ0n) is 9.60. The van der Waals surface area contributed by atoms with Crippen molar-refractivity contribution >= 4 is 16.0 Å². The zero-order chi connectivity index (χ0) is 12.6. The third-order valence-corrected chi connectivity index (χ3v) is 3.28. The topological polar surface area (TPSA) is 92.7 Å². The fourth-order valence-corrected chi connectivity index (χ4v) is 2.23. The highest BCUT2D eigenvalue weighted by Gasteiger charge is 2.12. The molecule has 96 valence electrons. The Morgan fingerprint density at radius 1 is 1.50 bits per heavy atom. The van der Waals surface area contributed by atoms with Crippen LogP contribution in [0.1, 0.15) is 26.7 Å². The normalized spacial score (nSPS) is 13.6. The van der Waals surface area contributed by atoms with E-state index < -0.39 is 16.0 Å². The summed E-state index contributed by atoms with van der Waals surface area (Å²) in [6.45, 7) is 4.34. The number of nitrogens with one attached hydrogen (secondary N) is 1. The van der Waals surface area contributed by atoms with Crippen molar-refractivity contribution in [3.63, 3.8) is 0 Å². The van der Waals surface area contributed by atoms with Gasteiger partial charge in [0.25, 0.3) is 0 Å². The summed E-state index contributed by atoms with van der Waals surface area (Å²) in [5.41, 5.74) is 0. The van der Waals surface area contributed by atoms with Crippen LogP contribution in [0.4, 0.5) is 0 Å². The van der Waals surface area contributed by atoms with Gasteiger partial charge < -0.3 is 9.84 Å². The second-order valence-electron chi connectivity index (χ2n) is 3.43. The largest absolute Gasteiger partial charge is 0.481 e. The molecule has 16 heavy (non-hydrogen) atoms. The van der Waals surface area contributed by atoms with Crippen molar-refractivity contribution in [1.29, 1.82) is 0 Å². The van der Waals surface area contributed by atoms with Gasteiger partial charge in [-0.2, -0.15) is 0 Å². The molecule has 0 radical (unpaired) electrons. The smallest absolute Gasteiger partial charge is 0.303 e. The summed E-state index contributed by atoms with van der Waals surface area (Å²) >= 11 is 0. The SMILES string of the molecule is CCOC(C)CNS(=O)(=O)CCCC(=O)O. The molecule has 7 heteroatoms. The van der Waals surface area contributed by atoms with Gasteiger partial charge in [-0.1, -0.05) is 0 Å². The average molecular weight is 253 g/mol. The van der Waals surface area contributed by atoms with Crippen LogP contribution in [0.3, 0.4) is 0 Å². The van der Waals surface area contributed by atoms with Gasteiger partial charge in [0.2, 0.25) is 10.0 Å². The maximum absolute atomic E-state index is 11.4. The van der Waals surface area contributed by atoms with Crippen LogP contribution in [-0.2, 0) is 19.6 Å². The Labute approximate surface area is 96.0 Å². The van der Waals surface area contributed by atoms with Crippen LogP contribution in [0.15, 0.2) is 0 Å². The summed E-state index contributed by atoms with van der Waals surface area (Å²) in [5.74, 6) is -1.16. The van der Waals surface area contributed by atoms with E-state index in [4.69, 9.17) is 9.84 Å². The summed E-state index contributed by atoms with van der Waals surface area (Å²) in [6, 6.07) is 0. The number of aliphatic carboxylic acids is 1. The third kappa shape index (κ3) is 8.63. The molecule has 0 aliphatic rings. The first-order valence-electron chi connectivity index (χ1n) is 5.18. The zero-order valence-corrected chi connectivity index (χ0v) is 10.4. The van der Waals surface area contributed by atoms with Crippen molar-refractivity contribution in [3.05, 3.63) is 0 Å². The van der Waals surface area contributed by atoms with E-state index in [9.17, 15) is 13.2 Å². The fraction of sp³-hybridized carbons (Fsp3) is 0.889. The average Bonchev–Trinajstić information content (AvgIpc) is 2.14. The minimum absolute atomic E-state index is 0.119. The Hall–Kier alpha value is -0.660. The lowest BCUT2D eigenvalue weighted by Crippen LogP contribution is -2.33. The molecule has 6 nitrogen and oxygen atoms in total. The van der Waals surface area contributed by atoms with Crippen molar-refractivity contribution in [2.45, 2.75) is 32.8 Å². The molecule has 0 aromatic rings. The van der Waals surface area contributed by atoms with E-state index >= 15 is 0 Å². The van der Waals surface area contributed by atoms with Crippen molar-refractivity contribution in [3.8, 4) is 0 Å². The van der Waals surface area contributed by atoms with Gasteiger partial charge in [0, 0.05) is 19.6 Å². The van der Waals surface area contributed by atoms with E-state index in [0.717, 1.165) is 0 Å². The van der Waals surface area contributed by atoms with E-state index in [0.29, 0.717) is 6.61 Å². The molecule has 0 aliphatic heterocycles. The molecule has 0 rings (SSSR count). The quantitative estimate of drug-likeness (QED) is 0.612. The van der Waals surface area contributed by atoms with Crippen molar-refractivity contribution in [2.75, 3.05) is 18.9 Å². The molecule has 0 amide bonds. The van der Waals surface area contributed by atoms with E-state index in [-0.39, 0.29) is 31.2 Å². The molecule has 0 aliphatic carbocycles. The van der Waals surface area contributed by atoms with Crippen LogP contribution in [-0.4, -0.2) is 44.5 Å². The molecule has 1 unspecified atom stereocenters. The van der Waals surface area contributed by atoms with Crippen molar-refractivity contribution in [2.24, 2.45) is 0 Å². The number of hydrogen-bond acceptors (Lipinski definition) is 4. The highest BCUT2D eigenvalue weighted by atomic mass is 32.2. The Kier molecular flexibility index (Phi) is 7.27. The minimum atomic E-state index is -3.38. The standard InChI is InChI=1S/C9H19NO5S/c1-3-15-8(2)7-10-16(13,14)6-4-5-9(11)12/h8,10H,3-7H2,1-2H3,(H,11,12). The molecule has 2 N–H and O–H groups in total. The van der Waals surface area contributed by atoms with Crippen LogP contribution in [0, 0.1) is 0 Å². The highest BCUT2D eigenvalue weighted by molar-refractivity contribution is 7.89. The van der Waals surface area contributed by atoms with E-state index in [1.165, 1.54) is 0 Å². The number of rotatable bonds is 9. The molecular formula is C9H19NO5S. The van der Waals surface area contributed by atoms with E-state index in [1.54, 1.807) is 6.92 Å². The Balaban J connectivity index is 3.83. The molecule has 0 saturated carbocycles. The van der Waals surface area contributed by atoms with Gasteiger partial charge in [-0.15, -0.1) is 0 Å². The molecule has 0 aromatic carbocycles. The van der Waals surface area contributed by atoms with Crippen LogP contribution in [0.5, 0.6) is 0 Å². The van der Waals surface area contributed by atoms with Gasteiger partial charge in [-0.05, 0) is 20.3 Å². The van der Waals surface area contributed by atoms with Gasteiger partial charge in [0.15, 0.2) is 0 Å². The molecule has 0 aromatic heterocycles. The number of ether oxygens (including phenoxy) is 1. The summed E-state index contributed by atoms with van der Waals surface area (Å²) < 4.78 is 30.3. The number of sulfonamides is 1. The maximum Gasteiger partial charge on any atom is 0.303 e. The lowest BCUT2D eigenvalue weighted by Gasteiger charge is -2.12. The second-order valence-corrected chi connectivity index (χ2v) is 5.36. The minimum Gasteiger partial charge on any atom is -0.481 e. The van der Waals surface area contributed by atoms with Gasteiger partial charge in [0.05, 0.1) is 11.9 Å². The van der Waals surface area contributed by atoms with E-state index in [2.05, 4.69) is 4.72 Å². The molecule has 0 bridgehead atoms. The first-order valence-corrected chi connectivity index (χ1v) is 6.83. The Bertz CT molecular complexity index is 301. The molecular weight excluding hydrogens is 234 g/mol. The number of carboxylic acid groups (broad SMARTS) is 1. The Morgan fingerprint density at radius 2 is 2.12 bits per heavy atom. The Morgan fingerprint density at radius 3 is 2.62 bits per heavy atom. The lowest BCUT2D eigenvalue weighted by atomic mass is 10.3. The molecule has 0 saturated heterocycles. The van der Waals surface area contributed by atoms with Crippen LogP contribution >= 0.6 is 0 Å².